The number of ether oxygens (including phenoxy) is 1. The van der Waals surface area contributed by atoms with Crippen LogP contribution in [0.3, 0.4) is 0 Å². The van der Waals surface area contributed by atoms with Gasteiger partial charge < -0.3 is 31.1 Å². The van der Waals surface area contributed by atoms with Crippen LogP contribution < -0.4 is 16.4 Å². The number of nitrogens with zero attached hydrogens (tertiary/aromatic N) is 1. The van der Waals surface area contributed by atoms with E-state index in [0.717, 1.165) is 5.56 Å². The van der Waals surface area contributed by atoms with Gasteiger partial charge in [-0.3, -0.25) is 4.79 Å². The number of rotatable bonds is 6. The van der Waals surface area contributed by atoms with Crippen molar-refractivity contribution in [1.82, 2.24) is 10.2 Å². The number of aliphatic hydroxyl groups is 1. The number of hydrogen-bond acceptors (Lipinski definition) is 5. The van der Waals surface area contributed by atoms with E-state index >= 15 is 0 Å². The van der Waals surface area contributed by atoms with Gasteiger partial charge in [-0.2, -0.15) is 0 Å². The highest BCUT2D eigenvalue weighted by atomic mass is 16.5. The molecule has 0 saturated carbocycles. The summed E-state index contributed by atoms with van der Waals surface area (Å²) < 4.78 is 5.62. The molecule has 0 radical (unpaired) electrons. The zero-order valence-corrected chi connectivity index (χ0v) is 13.7. The standard InChI is InChI=1S/C16H24N4O4/c1-2-18-16(23)19-12-5-3-11(4-6-12)15-13(9-21)20(8-7-17)14(22)10-24-15/h3-6,13,15,21H,2,7-10,17H2,1H3,(H2,18,19,23). The Morgan fingerprint density at radius 2 is 2.12 bits per heavy atom. The highest BCUT2D eigenvalue weighted by molar-refractivity contribution is 5.89. The van der Waals surface area contributed by atoms with Crippen LogP contribution in [0.15, 0.2) is 24.3 Å². The van der Waals surface area contributed by atoms with Gasteiger partial charge >= 0.3 is 6.03 Å². The Morgan fingerprint density at radius 3 is 2.71 bits per heavy atom. The minimum Gasteiger partial charge on any atom is -0.394 e. The van der Waals surface area contributed by atoms with Crippen molar-refractivity contribution in [3.05, 3.63) is 29.8 Å². The van der Waals surface area contributed by atoms with E-state index in [1.807, 2.05) is 19.1 Å². The fraction of sp³-hybridized carbons (Fsp3) is 0.500. The van der Waals surface area contributed by atoms with E-state index in [4.69, 9.17) is 10.5 Å². The monoisotopic (exact) mass is 336 g/mol. The molecule has 8 heteroatoms. The zero-order chi connectivity index (χ0) is 17.5. The van der Waals surface area contributed by atoms with Gasteiger partial charge in [0.2, 0.25) is 5.91 Å². The van der Waals surface area contributed by atoms with Crippen LogP contribution in [0, 0.1) is 0 Å². The molecule has 2 rings (SSSR count). The molecule has 2 atom stereocenters. The molecule has 1 aromatic rings. The predicted octanol–water partition coefficient (Wildman–Crippen LogP) is 0.0475. The molecule has 8 nitrogen and oxygen atoms in total. The third-order valence-corrected chi connectivity index (χ3v) is 3.85. The van der Waals surface area contributed by atoms with Crippen LogP contribution in [0.25, 0.3) is 0 Å². The third-order valence-electron chi connectivity index (χ3n) is 3.85. The predicted molar refractivity (Wildman–Crippen MR) is 89.5 cm³/mol. The Bertz CT molecular complexity index is 564. The fourth-order valence-corrected chi connectivity index (χ4v) is 2.74. The van der Waals surface area contributed by atoms with Gasteiger partial charge in [-0.05, 0) is 24.6 Å². The van der Waals surface area contributed by atoms with Crippen molar-refractivity contribution in [2.75, 3.05) is 38.2 Å². The van der Waals surface area contributed by atoms with Gasteiger partial charge in [0.15, 0.2) is 0 Å². The van der Waals surface area contributed by atoms with Crippen LogP contribution >= 0.6 is 0 Å². The largest absolute Gasteiger partial charge is 0.394 e. The van der Waals surface area contributed by atoms with Gasteiger partial charge in [-0.1, -0.05) is 12.1 Å². The minimum atomic E-state index is -0.475. The average molecular weight is 336 g/mol. The molecule has 3 amide bonds. The highest BCUT2D eigenvalue weighted by Crippen LogP contribution is 2.29. The number of nitrogens with two attached hydrogens (primary N) is 1. The number of nitrogens with one attached hydrogen (secondary N) is 2. The molecule has 0 spiro atoms. The number of morpholine rings is 1. The topological polar surface area (TPSA) is 117 Å². The molecule has 1 saturated heterocycles. The lowest BCUT2D eigenvalue weighted by Crippen LogP contribution is -2.54. The lowest BCUT2D eigenvalue weighted by Gasteiger charge is -2.40. The number of hydrogen-bond donors (Lipinski definition) is 4. The summed E-state index contributed by atoms with van der Waals surface area (Å²) in [6.07, 6.45) is -0.433. The molecule has 24 heavy (non-hydrogen) atoms. The van der Waals surface area contributed by atoms with Crippen LogP contribution in [0.1, 0.15) is 18.6 Å². The molecule has 0 aliphatic carbocycles. The summed E-state index contributed by atoms with van der Waals surface area (Å²) in [7, 11) is 0. The van der Waals surface area contributed by atoms with Crippen molar-refractivity contribution in [3.63, 3.8) is 0 Å². The lowest BCUT2D eigenvalue weighted by atomic mass is 9.99. The molecule has 1 aliphatic rings. The van der Waals surface area contributed by atoms with Gasteiger partial charge in [0.05, 0.1) is 12.6 Å². The second-order valence-corrected chi connectivity index (χ2v) is 5.46. The summed E-state index contributed by atoms with van der Waals surface area (Å²) in [5, 5.41) is 15.1. The van der Waals surface area contributed by atoms with E-state index in [2.05, 4.69) is 10.6 Å². The average Bonchev–Trinajstić information content (AvgIpc) is 2.57. The van der Waals surface area contributed by atoms with Crippen molar-refractivity contribution in [3.8, 4) is 0 Å². The van der Waals surface area contributed by atoms with E-state index in [-0.39, 0.29) is 25.2 Å². The number of amides is 3. The van der Waals surface area contributed by atoms with Crippen LogP contribution in [0.5, 0.6) is 0 Å². The number of urea groups is 1. The normalized spacial score (nSPS) is 20.8. The van der Waals surface area contributed by atoms with Crippen molar-refractivity contribution in [2.24, 2.45) is 5.73 Å². The summed E-state index contributed by atoms with van der Waals surface area (Å²) in [6, 6.07) is 6.39. The number of aliphatic hydroxyl groups excluding tert-OH is 1. The Hall–Kier alpha value is -2.16. The summed E-state index contributed by atoms with van der Waals surface area (Å²) in [5.74, 6) is -0.176. The van der Waals surface area contributed by atoms with E-state index in [1.54, 1.807) is 17.0 Å². The smallest absolute Gasteiger partial charge is 0.319 e. The highest BCUT2D eigenvalue weighted by Gasteiger charge is 2.36. The molecule has 0 aromatic heterocycles. The van der Waals surface area contributed by atoms with Gasteiger partial charge in [-0.15, -0.1) is 0 Å². The third kappa shape index (κ3) is 4.22. The van der Waals surface area contributed by atoms with Gasteiger partial charge in [0.1, 0.15) is 12.7 Å². The number of carbonyl (C=O) groups is 2. The summed E-state index contributed by atoms with van der Waals surface area (Å²) >= 11 is 0. The van der Waals surface area contributed by atoms with Crippen molar-refractivity contribution in [1.29, 1.82) is 0 Å². The molecule has 1 fully saturated rings. The molecule has 5 N–H and O–H groups in total. The number of carbonyl (C=O) groups excluding carboxylic acids is 2. The van der Waals surface area contributed by atoms with Crippen LogP contribution in [0.2, 0.25) is 0 Å². The maximum absolute atomic E-state index is 11.9. The molecule has 132 valence electrons. The maximum Gasteiger partial charge on any atom is 0.319 e. The Labute approximate surface area is 141 Å². The van der Waals surface area contributed by atoms with Crippen molar-refractivity contribution in [2.45, 2.75) is 19.1 Å². The van der Waals surface area contributed by atoms with Crippen molar-refractivity contribution < 1.29 is 19.4 Å². The quantitative estimate of drug-likeness (QED) is 0.585. The second kappa shape index (κ2) is 8.62. The van der Waals surface area contributed by atoms with Gasteiger partial charge in [-0.25, -0.2) is 4.79 Å². The number of benzene rings is 1. The van der Waals surface area contributed by atoms with E-state index in [9.17, 15) is 14.7 Å². The summed E-state index contributed by atoms with van der Waals surface area (Å²) in [5.41, 5.74) is 7.02. The first-order valence-electron chi connectivity index (χ1n) is 7.97. The fourth-order valence-electron chi connectivity index (χ4n) is 2.74. The van der Waals surface area contributed by atoms with Crippen LogP contribution in [0.4, 0.5) is 10.5 Å². The minimum absolute atomic E-state index is 0.0416. The van der Waals surface area contributed by atoms with E-state index < -0.39 is 12.1 Å². The van der Waals surface area contributed by atoms with Crippen LogP contribution in [-0.2, 0) is 9.53 Å². The number of anilines is 1. The zero-order valence-electron chi connectivity index (χ0n) is 13.7. The maximum atomic E-state index is 11.9. The van der Waals surface area contributed by atoms with E-state index in [0.29, 0.717) is 25.3 Å². The van der Waals surface area contributed by atoms with Gasteiger partial charge in [0, 0.05) is 25.3 Å². The first kappa shape index (κ1) is 18.2. The molecular formula is C16H24N4O4. The van der Waals surface area contributed by atoms with Crippen molar-refractivity contribution >= 4 is 17.6 Å². The summed E-state index contributed by atoms with van der Waals surface area (Å²) in [4.78, 5) is 25.0. The molecule has 1 aromatic carbocycles. The first-order valence-corrected chi connectivity index (χ1v) is 7.97. The van der Waals surface area contributed by atoms with E-state index in [1.165, 1.54) is 0 Å². The molecule has 0 bridgehead atoms. The first-order chi connectivity index (χ1) is 11.6. The lowest BCUT2D eigenvalue weighted by molar-refractivity contribution is -0.160. The molecule has 2 unspecified atom stereocenters. The molecule has 1 heterocycles. The molecular weight excluding hydrogens is 312 g/mol. The second-order valence-electron chi connectivity index (χ2n) is 5.46. The Kier molecular flexibility index (Phi) is 6.53. The Balaban J connectivity index is 2.11. The molecule has 1 aliphatic heterocycles. The van der Waals surface area contributed by atoms with Crippen LogP contribution in [-0.4, -0.2) is 60.8 Å². The Morgan fingerprint density at radius 1 is 1.42 bits per heavy atom. The summed E-state index contributed by atoms with van der Waals surface area (Å²) in [6.45, 7) is 2.83. The SMILES string of the molecule is CCNC(=O)Nc1ccc(C2OCC(=O)N(CCN)C2CO)cc1. The van der Waals surface area contributed by atoms with Gasteiger partial charge in [0.25, 0.3) is 0 Å².